The predicted octanol–water partition coefficient (Wildman–Crippen LogP) is 10.4. The molecule has 60 heavy (non-hydrogen) atoms. The number of halogens is 1. The van der Waals surface area contributed by atoms with Gasteiger partial charge in [0.15, 0.2) is 5.60 Å². The highest BCUT2D eigenvalue weighted by Crippen LogP contribution is 2.58. The first-order valence-corrected chi connectivity index (χ1v) is 22.3. The number of anilines is 2. The van der Waals surface area contributed by atoms with E-state index in [0.29, 0.717) is 51.6 Å². The van der Waals surface area contributed by atoms with E-state index in [-0.39, 0.29) is 36.0 Å². The number of thioether (sulfide) groups is 1. The molecule has 0 N–H and O–H groups in total. The molecule has 5 heterocycles. The lowest BCUT2D eigenvalue weighted by Crippen LogP contribution is -2.58. The first-order chi connectivity index (χ1) is 29.2. The molecule has 6 aromatic rings. The Hall–Kier alpha value is -5.82. The van der Waals surface area contributed by atoms with Crippen LogP contribution in [-0.2, 0) is 33.0 Å². The topological polar surface area (TPSA) is 94.6 Å². The molecule has 4 aliphatic heterocycles. The highest BCUT2D eigenvalue weighted by molar-refractivity contribution is 9.10. The van der Waals surface area contributed by atoms with Crippen LogP contribution in [0, 0.1) is 5.92 Å². The van der Waals surface area contributed by atoms with Crippen molar-refractivity contribution in [1.82, 2.24) is 4.90 Å². The van der Waals surface area contributed by atoms with Crippen LogP contribution in [-0.4, -0.2) is 47.3 Å². The number of ether oxygens (including phenoxy) is 4. The van der Waals surface area contributed by atoms with Crippen LogP contribution in [0.25, 0.3) is 0 Å². The molecule has 12 heteroatoms. The summed E-state index contributed by atoms with van der Waals surface area (Å²) in [4.78, 5) is 43.9. The van der Waals surface area contributed by atoms with E-state index in [0.717, 1.165) is 44.3 Å². The fourth-order valence-corrected chi connectivity index (χ4v) is 10.8. The molecule has 300 valence electrons. The molecule has 1 saturated heterocycles. The standard InChI is InChI=1S/C48H37BrN2O7S2/c1-50(31-8-3-2-4-9-31)32-15-18-39-42(20-32)57-43-24-44(41(49)23-40(43)48(39)38-12-6-5-11-36(38)47(54)58-48)56-26-29-13-16-34(17-14-29)55-27-30-25-51-45(53)37(46(51)60-28-30)22-33(52)21-35-10-7-19-59-35/h2-20,23-25,37,46H,21-22,26-28H2,1H3/t37-,46-,48?/m0/s1. The molecule has 9 nitrogen and oxygen atoms in total. The van der Waals surface area contributed by atoms with Crippen molar-refractivity contribution in [2.24, 2.45) is 5.92 Å². The van der Waals surface area contributed by atoms with Gasteiger partial charge in [0.25, 0.3) is 0 Å². The number of hydrogen-bond donors (Lipinski definition) is 0. The molecule has 1 unspecified atom stereocenters. The maximum absolute atomic E-state index is 13.4. The van der Waals surface area contributed by atoms with Gasteiger partial charge in [-0.1, -0.05) is 54.6 Å². The Balaban J connectivity index is 0.821. The number of carbonyl (C=O) groups is 3. The van der Waals surface area contributed by atoms with Gasteiger partial charge in [-0.15, -0.1) is 23.1 Å². The van der Waals surface area contributed by atoms with Crippen molar-refractivity contribution >= 4 is 68.1 Å². The third kappa shape index (κ3) is 6.86. The monoisotopic (exact) mass is 896 g/mol. The van der Waals surface area contributed by atoms with Crippen LogP contribution in [0.4, 0.5) is 11.4 Å². The lowest BCUT2D eigenvalue weighted by atomic mass is 9.77. The highest BCUT2D eigenvalue weighted by Gasteiger charge is 2.54. The summed E-state index contributed by atoms with van der Waals surface area (Å²) in [6.07, 6.45) is 2.57. The van der Waals surface area contributed by atoms with Crippen LogP contribution < -0.4 is 19.1 Å². The zero-order chi connectivity index (χ0) is 41.0. The van der Waals surface area contributed by atoms with Gasteiger partial charge in [0, 0.05) is 76.9 Å². The van der Waals surface area contributed by atoms with E-state index in [1.54, 1.807) is 34.1 Å². The summed E-state index contributed by atoms with van der Waals surface area (Å²) in [5.74, 6) is 2.57. The van der Waals surface area contributed by atoms with Gasteiger partial charge in [-0.3, -0.25) is 9.59 Å². The molecule has 5 aromatic carbocycles. The Labute approximate surface area is 363 Å². The Kier molecular flexibility index (Phi) is 10.0. The second-order valence-electron chi connectivity index (χ2n) is 15.1. The van der Waals surface area contributed by atoms with E-state index in [9.17, 15) is 14.4 Å². The number of thiophene rings is 1. The number of carbonyl (C=O) groups excluding carboxylic acids is 3. The molecule has 4 aliphatic rings. The maximum atomic E-state index is 13.4. The molecule has 0 aliphatic carbocycles. The lowest BCUT2D eigenvalue weighted by Gasteiger charge is -2.47. The number of esters is 1. The summed E-state index contributed by atoms with van der Waals surface area (Å²) >= 11 is 7.00. The van der Waals surface area contributed by atoms with Crippen molar-refractivity contribution in [1.29, 1.82) is 0 Å². The average Bonchev–Trinajstić information content (AvgIpc) is 3.90. The third-order valence-electron chi connectivity index (χ3n) is 11.4. The van der Waals surface area contributed by atoms with Gasteiger partial charge >= 0.3 is 5.97 Å². The molecule has 0 radical (unpaired) electrons. The molecular weight excluding hydrogens is 861 g/mol. The molecule has 0 saturated carbocycles. The van der Waals surface area contributed by atoms with Gasteiger partial charge in [0.1, 0.15) is 42.0 Å². The van der Waals surface area contributed by atoms with Crippen LogP contribution >= 0.6 is 39.0 Å². The van der Waals surface area contributed by atoms with E-state index in [2.05, 4.69) is 20.8 Å². The van der Waals surface area contributed by atoms with E-state index in [1.165, 1.54) is 0 Å². The largest absolute Gasteiger partial charge is 0.489 e. The van der Waals surface area contributed by atoms with E-state index in [4.69, 9.17) is 18.9 Å². The van der Waals surface area contributed by atoms with Crippen molar-refractivity contribution in [3.63, 3.8) is 0 Å². The number of benzene rings is 5. The third-order valence-corrected chi connectivity index (χ3v) is 14.3. The Morgan fingerprint density at radius 2 is 1.65 bits per heavy atom. The number of hydrogen-bond acceptors (Lipinski definition) is 10. The first kappa shape index (κ1) is 38.4. The molecule has 1 amide bonds. The second kappa shape index (κ2) is 15.7. The highest BCUT2D eigenvalue weighted by atomic mass is 79.9. The number of amides is 1. The summed E-state index contributed by atoms with van der Waals surface area (Å²) < 4.78 is 26.2. The minimum atomic E-state index is -1.22. The second-order valence-corrected chi connectivity index (χ2v) is 18.1. The first-order valence-electron chi connectivity index (χ1n) is 19.5. The molecule has 1 spiro atoms. The normalized spacial score (nSPS) is 19.5. The summed E-state index contributed by atoms with van der Waals surface area (Å²) in [5, 5.41) is 1.97. The average molecular weight is 898 g/mol. The molecule has 0 bridgehead atoms. The fourth-order valence-electron chi connectivity index (χ4n) is 8.30. The van der Waals surface area contributed by atoms with E-state index < -0.39 is 11.6 Å². The SMILES string of the molecule is CN(c1ccccc1)c1ccc2c(c1)Oc1cc(OCc3ccc(OCC4=CN5C(=O)[C@H](CC(=O)Cc6cccs6)[C@@H]5SC4)cc3)c(Br)cc1C21OC(=O)c2ccccc21. The number of rotatable bonds is 12. The molecule has 1 aromatic heterocycles. The minimum absolute atomic E-state index is 0.00291. The van der Waals surface area contributed by atoms with Gasteiger partial charge in [0.05, 0.1) is 21.3 Å². The van der Waals surface area contributed by atoms with Gasteiger partial charge in [-0.2, -0.15) is 0 Å². The summed E-state index contributed by atoms with van der Waals surface area (Å²) in [7, 11) is 2.00. The molecule has 3 atom stereocenters. The minimum Gasteiger partial charge on any atom is -0.489 e. The maximum Gasteiger partial charge on any atom is 0.340 e. The Morgan fingerprint density at radius 3 is 2.47 bits per heavy atom. The summed E-state index contributed by atoms with van der Waals surface area (Å²) in [6.45, 7) is 0.637. The van der Waals surface area contributed by atoms with E-state index >= 15 is 0 Å². The zero-order valence-electron chi connectivity index (χ0n) is 32.3. The zero-order valence-corrected chi connectivity index (χ0v) is 35.6. The number of nitrogens with zero attached hydrogens (tertiary/aromatic N) is 2. The van der Waals surface area contributed by atoms with Crippen LogP contribution in [0.15, 0.2) is 143 Å². The van der Waals surface area contributed by atoms with Gasteiger partial charge in [-0.25, -0.2) is 4.79 Å². The van der Waals surface area contributed by atoms with Gasteiger partial charge in [-0.05, 0) is 87.0 Å². The van der Waals surface area contributed by atoms with Crippen LogP contribution in [0.3, 0.4) is 0 Å². The van der Waals surface area contributed by atoms with Gasteiger partial charge < -0.3 is 28.7 Å². The molecule has 10 rings (SSSR count). The number of para-hydroxylation sites is 1. The Morgan fingerprint density at radius 1 is 0.850 bits per heavy atom. The van der Waals surface area contributed by atoms with Gasteiger partial charge in [0.2, 0.25) is 5.91 Å². The number of Topliss-reactive ketones (excluding diaryl/α,β-unsaturated/α-hetero) is 1. The smallest absolute Gasteiger partial charge is 0.340 e. The number of ketones is 1. The number of β-lactam (4-membered cyclic amide) rings is 1. The Bertz CT molecular complexity index is 2690. The lowest BCUT2D eigenvalue weighted by molar-refractivity contribution is -0.148. The van der Waals surface area contributed by atoms with Crippen LogP contribution in [0.5, 0.6) is 23.0 Å². The number of fused-ring (bicyclic) bond motifs is 7. The van der Waals surface area contributed by atoms with E-state index in [1.807, 2.05) is 134 Å². The van der Waals surface area contributed by atoms with Crippen molar-refractivity contribution in [2.45, 2.75) is 30.4 Å². The summed E-state index contributed by atoms with van der Waals surface area (Å²) in [6, 6.07) is 39.0. The molecule has 1 fully saturated rings. The van der Waals surface area contributed by atoms with Crippen molar-refractivity contribution in [3.05, 3.63) is 176 Å². The summed E-state index contributed by atoms with van der Waals surface area (Å²) in [5.41, 5.74) is 5.36. The fraction of sp³-hybridized carbons (Fsp3) is 0.188. The van der Waals surface area contributed by atoms with Crippen molar-refractivity contribution in [3.8, 4) is 23.0 Å². The van der Waals surface area contributed by atoms with Crippen molar-refractivity contribution in [2.75, 3.05) is 24.3 Å². The van der Waals surface area contributed by atoms with Crippen LogP contribution in [0.2, 0.25) is 0 Å². The quantitative estimate of drug-likeness (QED) is 0.0879. The molecular formula is C48H37BrN2O7S2. The predicted molar refractivity (Wildman–Crippen MR) is 235 cm³/mol. The van der Waals surface area contributed by atoms with Crippen molar-refractivity contribution < 1.29 is 33.3 Å². The van der Waals surface area contributed by atoms with Crippen LogP contribution in [0.1, 0.15) is 43.9 Å².